The van der Waals surface area contributed by atoms with E-state index in [4.69, 9.17) is 11.2 Å². The second-order valence-electron chi connectivity index (χ2n) is 6.13. The van der Waals surface area contributed by atoms with Crippen molar-refractivity contribution >= 4 is 5.91 Å². The van der Waals surface area contributed by atoms with Gasteiger partial charge in [-0.2, -0.15) is 10.2 Å². The Hall–Kier alpha value is -1.45. The molecular weight excluding hydrogens is 280 g/mol. The molecule has 1 saturated heterocycles. The summed E-state index contributed by atoms with van der Waals surface area (Å²) in [4.78, 5) is 14.5. The zero-order valence-corrected chi connectivity index (χ0v) is 13.5. The maximum Gasteiger partial charge on any atom is 0.220 e. The molecule has 6 nitrogen and oxygen atoms in total. The van der Waals surface area contributed by atoms with E-state index in [2.05, 4.69) is 40.2 Å². The number of carbonyl (C=O) groups is 1. The van der Waals surface area contributed by atoms with E-state index in [-0.39, 0.29) is 17.6 Å². The third kappa shape index (κ3) is 4.79. The quantitative estimate of drug-likeness (QED) is 0.692. The number of carbonyl (C=O) groups excluding carboxylic acids is 1. The molecule has 0 aromatic carbocycles. The van der Waals surface area contributed by atoms with Gasteiger partial charge in [0.2, 0.25) is 5.91 Å². The Morgan fingerprint density at radius 1 is 1.36 bits per heavy atom. The van der Waals surface area contributed by atoms with Gasteiger partial charge in [-0.3, -0.25) is 9.69 Å². The average Bonchev–Trinajstić information content (AvgIpc) is 3.31. The van der Waals surface area contributed by atoms with Gasteiger partial charge < -0.3 is 10.1 Å². The second-order valence-corrected chi connectivity index (χ2v) is 6.13. The maximum atomic E-state index is 12.1. The van der Waals surface area contributed by atoms with E-state index >= 15 is 0 Å². The molecule has 2 atom stereocenters. The lowest BCUT2D eigenvalue weighted by atomic mass is 10.0. The van der Waals surface area contributed by atoms with Gasteiger partial charge >= 0.3 is 0 Å². The lowest BCUT2D eigenvalue weighted by molar-refractivity contribution is -0.122. The van der Waals surface area contributed by atoms with Crippen LogP contribution in [0.15, 0.2) is 10.2 Å². The fourth-order valence-corrected chi connectivity index (χ4v) is 2.73. The molecule has 1 N–H and O–H groups in total. The molecule has 0 aliphatic carbocycles. The highest BCUT2D eigenvalue weighted by atomic mass is 16.5. The number of nitrogens with zero attached hydrogens (tertiary/aromatic N) is 3. The van der Waals surface area contributed by atoms with Gasteiger partial charge in [-0.25, -0.2) is 0 Å². The van der Waals surface area contributed by atoms with Crippen molar-refractivity contribution in [3.05, 3.63) is 0 Å². The first-order chi connectivity index (χ1) is 10.6. The van der Waals surface area contributed by atoms with Gasteiger partial charge in [0.05, 0.1) is 13.2 Å². The SMILES string of the molecule is C#CCCC1(CCC(=O)NC(C)C(C)N2CCOCC2)N=N1. The van der Waals surface area contributed by atoms with Crippen molar-refractivity contribution in [3.63, 3.8) is 0 Å². The van der Waals surface area contributed by atoms with Crippen LogP contribution in [0.4, 0.5) is 0 Å². The molecule has 2 rings (SSSR count). The molecule has 0 aromatic rings. The van der Waals surface area contributed by atoms with Crippen LogP contribution in [0.2, 0.25) is 0 Å². The molecule has 2 aliphatic heterocycles. The van der Waals surface area contributed by atoms with Crippen molar-refractivity contribution < 1.29 is 9.53 Å². The van der Waals surface area contributed by atoms with Gasteiger partial charge in [0, 0.05) is 50.9 Å². The maximum absolute atomic E-state index is 12.1. The lowest BCUT2D eigenvalue weighted by Gasteiger charge is -2.35. The predicted molar refractivity (Wildman–Crippen MR) is 84.3 cm³/mol. The number of terminal acetylenes is 1. The molecule has 1 fully saturated rings. The van der Waals surface area contributed by atoms with Crippen LogP contribution in [0.1, 0.15) is 39.5 Å². The van der Waals surface area contributed by atoms with Crippen LogP contribution in [0.3, 0.4) is 0 Å². The summed E-state index contributed by atoms with van der Waals surface area (Å²) in [6, 6.07) is 0.416. The number of hydrogen-bond donors (Lipinski definition) is 1. The standard InChI is InChI=1S/C16H26N4O2/c1-4-5-7-16(18-19-16)8-6-15(21)17-13(2)14(3)20-9-11-22-12-10-20/h1,13-14H,5-12H2,2-3H3,(H,17,21). The summed E-state index contributed by atoms with van der Waals surface area (Å²) in [6.07, 6.45) is 7.76. The van der Waals surface area contributed by atoms with E-state index in [0.717, 1.165) is 32.7 Å². The Labute approximate surface area is 132 Å². The molecule has 0 bridgehead atoms. The molecule has 0 saturated carbocycles. The number of hydrogen-bond acceptors (Lipinski definition) is 5. The van der Waals surface area contributed by atoms with Crippen LogP contribution in [-0.2, 0) is 9.53 Å². The van der Waals surface area contributed by atoms with Gasteiger partial charge in [0.15, 0.2) is 5.66 Å². The summed E-state index contributed by atoms with van der Waals surface area (Å²) >= 11 is 0. The number of rotatable bonds is 8. The summed E-state index contributed by atoms with van der Waals surface area (Å²) in [5, 5.41) is 11.2. The Morgan fingerprint density at radius 3 is 2.64 bits per heavy atom. The minimum Gasteiger partial charge on any atom is -0.379 e. The zero-order chi connectivity index (χ0) is 16.0. The van der Waals surface area contributed by atoms with Crippen molar-refractivity contribution in [2.45, 2.75) is 57.3 Å². The van der Waals surface area contributed by atoms with Crippen LogP contribution in [-0.4, -0.2) is 54.9 Å². The number of ether oxygens (including phenoxy) is 1. The topological polar surface area (TPSA) is 66.3 Å². The average molecular weight is 306 g/mol. The van der Waals surface area contributed by atoms with Gasteiger partial charge in [-0.1, -0.05) is 0 Å². The van der Waals surface area contributed by atoms with Crippen molar-refractivity contribution in [3.8, 4) is 12.3 Å². The molecule has 0 spiro atoms. The molecule has 6 heteroatoms. The highest BCUT2D eigenvalue weighted by Gasteiger charge is 2.39. The number of amides is 1. The highest BCUT2D eigenvalue weighted by molar-refractivity contribution is 5.76. The Kier molecular flexibility index (Phi) is 5.92. The summed E-state index contributed by atoms with van der Waals surface area (Å²) in [6.45, 7) is 7.59. The van der Waals surface area contributed by atoms with Gasteiger partial charge in [0.1, 0.15) is 0 Å². The fourth-order valence-electron chi connectivity index (χ4n) is 2.73. The first kappa shape index (κ1) is 16.9. The van der Waals surface area contributed by atoms with Crippen LogP contribution in [0.25, 0.3) is 0 Å². The normalized spacial score (nSPS) is 22.6. The third-order valence-electron chi connectivity index (χ3n) is 4.54. The summed E-state index contributed by atoms with van der Waals surface area (Å²) < 4.78 is 5.36. The monoisotopic (exact) mass is 306 g/mol. The molecular formula is C16H26N4O2. The van der Waals surface area contributed by atoms with E-state index in [9.17, 15) is 4.79 Å². The Balaban J connectivity index is 1.68. The minimum absolute atomic E-state index is 0.0602. The molecule has 22 heavy (non-hydrogen) atoms. The van der Waals surface area contributed by atoms with Crippen molar-refractivity contribution in [2.24, 2.45) is 10.2 Å². The molecule has 1 amide bonds. The Bertz CT molecular complexity index is 446. The third-order valence-corrected chi connectivity index (χ3v) is 4.54. The van der Waals surface area contributed by atoms with E-state index in [1.165, 1.54) is 0 Å². The molecule has 0 radical (unpaired) electrons. The van der Waals surface area contributed by atoms with Crippen molar-refractivity contribution in [2.75, 3.05) is 26.3 Å². The molecule has 2 aliphatic rings. The second kappa shape index (κ2) is 7.70. The zero-order valence-electron chi connectivity index (χ0n) is 13.5. The van der Waals surface area contributed by atoms with Crippen LogP contribution >= 0.6 is 0 Å². The summed E-state index contributed by atoms with van der Waals surface area (Å²) in [5.41, 5.74) is -0.372. The molecule has 122 valence electrons. The van der Waals surface area contributed by atoms with Crippen LogP contribution in [0, 0.1) is 12.3 Å². The van der Waals surface area contributed by atoms with Crippen molar-refractivity contribution in [1.29, 1.82) is 0 Å². The molecule has 2 heterocycles. The van der Waals surface area contributed by atoms with Gasteiger partial charge in [0.25, 0.3) is 0 Å². The minimum atomic E-state index is -0.372. The first-order valence-corrected chi connectivity index (χ1v) is 8.05. The number of nitrogens with one attached hydrogen (secondary N) is 1. The van der Waals surface area contributed by atoms with E-state index < -0.39 is 0 Å². The van der Waals surface area contributed by atoms with Gasteiger partial charge in [-0.15, -0.1) is 12.3 Å². The lowest BCUT2D eigenvalue weighted by Crippen LogP contribution is -2.52. The molecule has 0 aromatic heterocycles. The van der Waals surface area contributed by atoms with E-state index in [1.54, 1.807) is 0 Å². The molecule has 2 unspecified atom stereocenters. The number of morpholine rings is 1. The van der Waals surface area contributed by atoms with Crippen LogP contribution < -0.4 is 5.32 Å². The Morgan fingerprint density at radius 2 is 2.05 bits per heavy atom. The first-order valence-electron chi connectivity index (χ1n) is 8.05. The largest absolute Gasteiger partial charge is 0.379 e. The van der Waals surface area contributed by atoms with Crippen LogP contribution in [0.5, 0.6) is 0 Å². The van der Waals surface area contributed by atoms with E-state index in [1.807, 2.05) is 0 Å². The van der Waals surface area contributed by atoms with E-state index in [0.29, 0.717) is 25.3 Å². The van der Waals surface area contributed by atoms with Crippen molar-refractivity contribution in [1.82, 2.24) is 10.2 Å². The smallest absolute Gasteiger partial charge is 0.220 e. The highest BCUT2D eigenvalue weighted by Crippen LogP contribution is 2.37. The fraction of sp³-hybridized carbons (Fsp3) is 0.812. The van der Waals surface area contributed by atoms with Gasteiger partial charge in [-0.05, 0) is 13.8 Å². The summed E-state index contributed by atoms with van der Waals surface area (Å²) in [5.74, 6) is 2.66. The summed E-state index contributed by atoms with van der Waals surface area (Å²) in [7, 11) is 0. The predicted octanol–water partition coefficient (Wildman–Crippen LogP) is 1.57.